The molecule has 0 aromatic heterocycles. The molecule has 3 rings (SSSR count). The summed E-state index contributed by atoms with van der Waals surface area (Å²) >= 11 is 0. The first-order valence-corrected chi connectivity index (χ1v) is 9.33. The molecular formula is C20H29N3O2. The number of aryl methyl sites for hydroxylation is 2. The van der Waals surface area contributed by atoms with Gasteiger partial charge < -0.3 is 15.1 Å². The van der Waals surface area contributed by atoms with Crippen molar-refractivity contribution in [1.29, 1.82) is 0 Å². The minimum atomic E-state index is -0.0129. The fourth-order valence-electron chi connectivity index (χ4n) is 4.13. The van der Waals surface area contributed by atoms with E-state index in [2.05, 4.69) is 18.3 Å². The van der Waals surface area contributed by atoms with Gasteiger partial charge in [-0.25, -0.2) is 4.79 Å². The number of piperidine rings is 2. The van der Waals surface area contributed by atoms with Crippen molar-refractivity contribution < 1.29 is 9.59 Å². The average Bonchev–Trinajstić information content (AvgIpc) is 2.60. The van der Waals surface area contributed by atoms with Gasteiger partial charge in [-0.05, 0) is 57.1 Å². The van der Waals surface area contributed by atoms with Gasteiger partial charge in [0.05, 0.1) is 0 Å². The minimum Gasteiger partial charge on any atom is -0.342 e. The fourth-order valence-corrected chi connectivity index (χ4v) is 4.13. The highest BCUT2D eigenvalue weighted by Gasteiger charge is 2.41. The molecule has 2 fully saturated rings. The van der Waals surface area contributed by atoms with Crippen molar-refractivity contribution in [2.24, 2.45) is 5.41 Å². The second-order valence-corrected chi connectivity index (χ2v) is 7.64. The highest BCUT2D eigenvalue weighted by atomic mass is 16.2. The molecule has 0 atom stereocenters. The van der Waals surface area contributed by atoms with E-state index in [4.69, 9.17) is 0 Å². The van der Waals surface area contributed by atoms with E-state index < -0.39 is 0 Å². The molecule has 0 bridgehead atoms. The SMILES string of the molecule is CCN1CC2(CCC1=O)CCN(C(=O)Nc1ccc(C)cc1C)CC2. The van der Waals surface area contributed by atoms with Gasteiger partial charge in [0, 0.05) is 38.3 Å². The van der Waals surface area contributed by atoms with E-state index >= 15 is 0 Å². The van der Waals surface area contributed by atoms with E-state index in [1.807, 2.05) is 35.8 Å². The molecule has 3 amide bonds. The second kappa shape index (κ2) is 7.06. The number of rotatable bonds is 2. The van der Waals surface area contributed by atoms with E-state index in [-0.39, 0.29) is 17.4 Å². The summed E-state index contributed by atoms with van der Waals surface area (Å²) in [6, 6.07) is 6.06. The van der Waals surface area contributed by atoms with Crippen LogP contribution in [0.3, 0.4) is 0 Å². The zero-order chi connectivity index (χ0) is 18.0. The molecule has 5 heteroatoms. The maximum absolute atomic E-state index is 12.6. The van der Waals surface area contributed by atoms with Gasteiger partial charge in [0.2, 0.25) is 5.91 Å². The van der Waals surface area contributed by atoms with Gasteiger partial charge in [0.1, 0.15) is 0 Å². The molecule has 1 N–H and O–H groups in total. The molecule has 136 valence electrons. The first-order valence-electron chi connectivity index (χ1n) is 9.33. The molecular weight excluding hydrogens is 314 g/mol. The van der Waals surface area contributed by atoms with Crippen LogP contribution >= 0.6 is 0 Å². The molecule has 0 aliphatic carbocycles. The van der Waals surface area contributed by atoms with E-state index in [1.165, 1.54) is 5.56 Å². The topological polar surface area (TPSA) is 52.7 Å². The first kappa shape index (κ1) is 17.8. The Morgan fingerprint density at radius 3 is 2.56 bits per heavy atom. The Hall–Kier alpha value is -2.04. The van der Waals surface area contributed by atoms with Crippen molar-refractivity contribution in [3.05, 3.63) is 29.3 Å². The summed E-state index contributed by atoms with van der Waals surface area (Å²) in [6.45, 7) is 9.30. The van der Waals surface area contributed by atoms with Crippen LogP contribution in [0.1, 0.15) is 43.7 Å². The number of carbonyl (C=O) groups is 2. The summed E-state index contributed by atoms with van der Waals surface area (Å²) in [5.41, 5.74) is 3.38. The summed E-state index contributed by atoms with van der Waals surface area (Å²) in [6.07, 6.45) is 3.59. The maximum Gasteiger partial charge on any atom is 0.321 e. The smallest absolute Gasteiger partial charge is 0.321 e. The fraction of sp³-hybridized carbons (Fsp3) is 0.600. The third kappa shape index (κ3) is 3.80. The van der Waals surface area contributed by atoms with Crippen LogP contribution in [0, 0.1) is 19.3 Å². The standard InChI is InChI=1S/C20H29N3O2/c1-4-22-14-20(8-7-18(22)24)9-11-23(12-10-20)19(25)21-17-6-5-15(2)13-16(17)3/h5-6,13H,4,7-12,14H2,1-3H3,(H,21,25). The van der Waals surface area contributed by atoms with Gasteiger partial charge >= 0.3 is 6.03 Å². The Bertz CT molecular complexity index is 663. The number of benzene rings is 1. The third-order valence-electron chi connectivity index (χ3n) is 5.86. The number of hydrogen-bond donors (Lipinski definition) is 1. The van der Waals surface area contributed by atoms with Crippen molar-refractivity contribution >= 4 is 17.6 Å². The maximum atomic E-state index is 12.6. The molecule has 2 aliphatic rings. The van der Waals surface area contributed by atoms with E-state index in [0.717, 1.165) is 56.7 Å². The lowest BCUT2D eigenvalue weighted by Crippen LogP contribution is -2.52. The monoisotopic (exact) mass is 343 g/mol. The lowest BCUT2D eigenvalue weighted by Gasteiger charge is -2.47. The Balaban J connectivity index is 1.58. The quantitative estimate of drug-likeness (QED) is 0.893. The number of likely N-dealkylation sites (tertiary alicyclic amines) is 2. The van der Waals surface area contributed by atoms with Crippen LogP contribution in [0.25, 0.3) is 0 Å². The number of carbonyl (C=O) groups excluding carboxylic acids is 2. The van der Waals surface area contributed by atoms with Crippen LogP contribution < -0.4 is 5.32 Å². The van der Waals surface area contributed by atoms with Crippen LogP contribution in [0.4, 0.5) is 10.5 Å². The van der Waals surface area contributed by atoms with Crippen LogP contribution in [-0.4, -0.2) is 47.9 Å². The van der Waals surface area contributed by atoms with Gasteiger partial charge in [-0.2, -0.15) is 0 Å². The van der Waals surface area contributed by atoms with Crippen LogP contribution in [0.2, 0.25) is 0 Å². The van der Waals surface area contributed by atoms with Gasteiger partial charge in [-0.15, -0.1) is 0 Å². The number of nitrogens with zero attached hydrogens (tertiary/aromatic N) is 2. The number of amides is 3. The van der Waals surface area contributed by atoms with Crippen LogP contribution in [-0.2, 0) is 4.79 Å². The normalized spacial score (nSPS) is 20.0. The molecule has 0 unspecified atom stereocenters. The van der Waals surface area contributed by atoms with Crippen molar-refractivity contribution in [2.75, 3.05) is 31.5 Å². The van der Waals surface area contributed by atoms with Crippen molar-refractivity contribution in [3.8, 4) is 0 Å². The molecule has 2 saturated heterocycles. The summed E-state index contributed by atoms with van der Waals surface area (Å²) in [4.78, 5) is 28.4. The molecule has 0 radical (unpaired) electrons. The lowest BCUT2D eigenvalue weighted by molar-refractivity contribution is -0.138. The summed E-state index contributed by atoms with van der Waals surface area (Å²) in [5.74, 6) is 0.281. The molecule has 2 aliphatic heterocycles. The van der Waals surface area contributed by atoms with Gasteiger partial charge in [0.15, 0.2) is 0 Å². The molecule has 5 nitrogen and oxygen atoms in total. The number of nitrogens with one attached hydrogen (secondary N) is 1. The van der Waals surface area contributed by atoms with E-state index in [1.54, 1.807) is 0 Å². The van der Waals surface area contributed by atoms with Crippen molar-refractivity contribution in [1.82, 2.24) is 9.80 Å². The van der Waals surface area contributed by atoms with Crippen molar-refractivity contribution in [3.63, 3.8) is 0 Å². The molecule has 1 aromatic carbocycles. The van der Waals surface area contributed by atoms with Crippen LogP contribution in [0.15, 0.2) is 18.2 Å². The Kier molecular flexibility index (Phi) is 5.02. The highest BCUT2D eigenvalue weighted by molar-refractivity contribution is 5.90. The summed E-state index contributed by atoms with van der Waals surface area (Å²) in [7, 11) is 0. The summed E-state index contributed by atoms with van der Waals surface area (Å²) < 4.78 is 0. The molecule has 2 heterocycles. The second-order valence-electron chi connectivity index (χ2n) is 7.64. The number of urea groups is 1. The Morgan fingerprint density at radius 1 is 1.20 bits per heavy atom. The largest absolute Gasteiger partial charge is 0.342 e. The highest BCUT2D eigenvalue weighted by Crippen LogP contribution is 2.40. The minimum absolute atomic E-state index is 0.0129. The van der Waals surface area contributed by atoms with Gasteiger partial charge in [-0.3, -0.25) is 4.79 Å². The Morgan fingerprint density at radius 2 is 1.92 bits per heavy atom. The van der Waals surface area contributed by atoms with Crippen molar-refractivity contribution in [2.45, 2.75) is 46.5 Å². The lowest BCUT2D eigenvalue weighted by atomic mass is 9.72. The van der Waals surface area contributed by atoms with Crippen LogP contribution in [0.5, 0.6) is 0 Å². The number of hydrogen-bond acceptors (Lipinski definition) is 2. The first-order chi connectivity index (χ1) is 11.9. The molecule has 25 heavy (non-hydrogen) atoms. The molecule has 1 spiro atoms. The third-order valence-corrected chi connectivity index (χ3v) is 5.86. The predicted molar refractivity (Wildman–Crippen MR) is 99.7 cm³/mol. The zero-order valence-electron chi connectivity index (χ0n) is 15.6. The zero-order valence-corrected chi connectivity index (χ0v) is 15.6. The molecule has 1 aromatic rings. The predicted octanol–water partition coefficient (Wildman–Crippen LogP) is 3.56. The average molecular weight is 343 g/mol. The molecule has 0 saturated carbocycles. The van der Waals surface area contributed by atoms with Gasteiger partial charge in [0.25, 0.3) is 0 Å². The van der Waals surface area contributed by atoms with Gasteiger partial charge in [-0.1, -0.05) is 17.7 Å². The Labute approximate surface area is 150 Å². The van der Waals surface area contributed by atoms with E-state index in [0.29, 0.717) is 6.42 Å². The van der Waals surface area contributed by atoms with E-state index in [9.17, 15) is 9.59 Å². The number of anilines is 1. The summed E-state index contributed by atoms with van der Waals surface area (Å²) in [5, 5.41) is 3.05.